The monoisotopic (exact) mass is 255 g/mol. The molecule has 18 heavy (non-hydrogen) atoms. The van der Waals surface area contributed by atoms with E-state index in [0.717, 1.165) is 6.42 Å². The molecule has 1 aromatic rings. The van der Waals surface area contributed by atoms with E-state index in [1.807, 2.05) is 6.92 Å². The van der Waals surface area contributed by atoms with E-state index in [9.17, 15) is 4.39 Å². The Hall–Kier alpha value is -1.82. The maximum atomic E-state index is 13.8. The van der Waals surface area contributed by atoms with Crippen molar-refractivity contribution < 1.29 is 14.7 Å². The highest BCUT2D eigenvalue weighted by molar-refractivity contribution is 6.02. The van der Waals surface area contributed by atoms with Gasteiger partial charge in [-0.3, -0.25) is 0 Å². The lowest BCUT2D eigenvalue weighted by Crippen LogP contribution is -2.30. The number of amidine groups is 1. The van der Waals surface area contributed by atoms with Crippen molar-refractivity contribution in [3.05, 3.63) is 29.6 Å². The van der Waals surface area contributed by atoms with Gasteiger partial charge >= 0.3 is 0 Å². The van der Waals surface area contributed by atoms with Crippen LogP contribution < -0.4 is 10.6 Å². The van der Waals surface area contributed by atoms with Gasteiger partial charge in [-0.15, -0.1) is 0 Å². The smallest absolute Gasteiger partial charge is 0.175 e. The minimum absolute atomic E-state index is 0.0495. The minimum atomic E-state index is -0.554. The van der Waals surface area contributed by atoms with Gasteiger partial charge in [-0.2, -0.15) is 0 Å². The highest BCUT2D eigenvalue weighted by Gasteiger charge is 2.17. The van der Waals surface area contributed by atoms with Crippen molar-refractivity contribution in [2.45, 2.75) is 13.3 Å². The van der Waals surface area contributed by atoms with Gasteiger partial charge in [0.15, 0.2) is 5.84 Å². The molecule has 0 fully saturated rings. The molecule has 0 aliphatic carbocycles. The Balaban J connectivity index is 3.24. The Morgan fingerprint density at radius 2 is 2.17 bits per heavy atom. The molecule has 0 aliphatic rings. The summed E-state index contributed by atoms with van der Waals surface area (Å²) in [6.07, 6.45) is 0.839. The summed E-state index contributed by atoms with van der Waals surface area (Å²) >= 11 is 0. The van der Waals surface area contributed by atoms with Crippen LogP contribution in [0.4, 0.5) is 10.1 Å². The molecule has 1 rings (SSSR count). The van der Waals surface area contributed by atoms with E-state index in [4.69, 9.17) is 16.0 Å². The molecule has 5 nitrogen and oxygen atoms in total. The van der Waals surface area contributed by atoms with E-state index >= 15 is 0 Å². The number of rotatable bonds is 6. The fourth-order valence-electron chi connectivity index (χ4n) is 1.82. The van der Waals surface area contributed by atoms with E-state index in [1.54, 1.807) is 17.0 Å². The molecule has 100 valence electrons. The normalized spacial score (nSPS) is 11.6. The van der Waals surface area contributed by atoms with Crippen LogP contribution in [0.5, 0.6) is 0 Å². The largest absolute Gasteiger partial charge is 0.409 e. The van der Waals surface area contributed by atoms with Crippen LogP contribution in [0.1, 0.15) is 18.9 Å². The van der Waals surface area contributed by atoms with Crippen LogP contribution in [0.2, 0.25) is 0 Å². The first-order valence-corrected chi connectivity index (χ1v) is 5.77. The molecule has 0 unspecified atom stereocenters. The number of anilines is 1. The average molecular weight is 255 g/mol. The third-order valence-electron chi connectivity index (χ3n) is 2.56. The number of hydrogen-bond acceptors (Lipinski definition) is 4. The second kappa shape index (κ2) is 6.80. The lowest BCUT2D eigenvalue weighted by atomic mass is 10.1. The Morgan fingerprint density at radius 3 is 2.72 bits per heavy atom. The highest BCUT2D eigenvalue weighted by Crippen LogP contribution is 2.23. The molecule has 6 heteroatoms. The Morgan fingerprint density at radius 1 is 1.44 bits per heavy atom. The molecule has 0 aliphatic heterocycles. The summed E-state index contributed by atoms with van der Waals surface area (Å²) in [4.78, 5) is 1.80. The molecule has 0 saturated heterocycles. The SMILES string of the molecule is CCCN(CCO)c1cccc(F)c1C(N)=NO. The standard InChI is InChI=1S/C12H18FN3O2/c1-2-6-16(7-8-17)10-5-3-4-9(13)11(10)12(14)15-18/h3-5,17-18H,2,6-8H2,1H3,(H2,14,15). The second-order valence-corrected chi connectivity index (χ2v) is 3.83. The van der Waals surface area contributed by atoms with Gasteiger partial charge in [0, 0.05) is 13.1 Å². The minimum Gasteiger partial charge on any atom is -0.409 e. The van der Waals surface area contributed by atoms with Gasteiger partial charge < -0.3 is 20.9 Å². The van der Waals surface area contributed by atoms with Gasteiger partial charge in [-0.05, 0) is 18.6 Å². The average Bonchev–Trinajstić information content (AvgIpc) is 2.37. The number of benzene rings is 1. The fraction of sp³-hybridized carbons (Fsp3) is 0.417. The van der Waals surface area contributed by atoms with Gasteiger partial charge in [-0.1, -0.05) is 18.1 Å². The van der Waals surface area contributed by atoms with E-state index in [2.05, 4.69) is 5.16 Å². The van der Waals surface area contributed by atoms with Crippen LogP contribution in [-0.4, -0.2) is 35.8 Å². The van der Waals surface area contributed by atoms with Crippen molar-refractivity contribution in [3.63, 3.8) is 0 Å². The van der Waals surface area contributed by atoms with E-state index in [-0.39, 0.29) is 18.0 Å². The van der Waals surface area contributed by atoms with Gasteiger partial charge in [0.2, 0.25) is 0 Å². The molecule has 1 aromatic carbocycles. The van der Waals surface area contributed by atoms with Crippen molar-refractivity contribution in [2.24, 2.45) is 10.9 Å². The van der Waals surface area contributed by atoms with Crippen LogP contribution in [-0.2, 0) is 0 Å². The summed E-state index contributed by atoms with van der Waals surface area (Å²) in [7, 11) is 0. The summed E-state index contributed by atoms with van der Waals surface area (Å²) in [5.74, 6) is -0.830. The zero-order valence-electron chi connectivity index (χ0n) is 10.3. The molecular weight excluding hydrogens is 237 g/mol. The van der Waals surface area contributed by atoms with E-state index < -0.39 is 5.82 Å². The number of aliphatic hydroxyl groups excluding tert-OH is 1. The van der Waals surface area contributed by atoms with Crippen LogP contribution in [0.3, 0.4) is 0 Å². The summed E-state index contributed by atoms with van der Waals surface area (Å²) < 4.78 is 13.8. The quantitative estimate of drug-likeness (QED) is 0.308. The third kappa shape index (κ3) is 3.10. The molecule has 0 amide bonds. The van der Waals surface area contributed by atoms with Crippen LogP contribution in [0, 0.1) is 5.82 Å². The van der Waals surface area contributed by atoms with Gasteiger partial charge in [0.1, 0.15) is 5.82 Å². The van der Waals surface area contributed by atoms with Gasteiger partial charge in [0.05, 0.1) is 17.9 Å². The number of nitrogens with zero attached hydrogens (tertiary/aromatic N) is 2. The lowest BCUT2D eigenvalue weighted by Gasteiger charge is -2.25. The predicted molar refractivity (Wildman–Crippen MR) is 68.5 cm³/mol. The zero-order chi connectivity index (χ0) is 13.5. The van der Waals surface area contributed by atoms with Crippen molar-refractivity contribution in [3.8, 4) is 0 Å². The number of aliphatic hydroxyl groups is 1. The molecule has 0 radical (unpaired) electrons. The Bertz CT molecular complexity index is 418. The summed E-state index contributed by atoms with van der Waals surface area (Å²) in [6, 6.07) is 4.49. The first-order valence-electron chi connectivity index (χ1n) is 5.77. The highest BCUT2D eigenvalue weighted by atomic mass is 19.1. The van der Waals surface area contributed by atoms with Crippen LogP contribution in [0.15, 0.2) is 23.4 Å². The molecule has 0 aromatic heterocycles. The topological polar surface area (TPSA) is 82.1 Å². The van der Waals surface area contributed by atoms with Crippen molar-refractivity contribution in [2.75, 3.05) is 24.6 Å². The van der Waals surface area contributed by atoms with E-state index in [0.29, 0.717) is 18.8 Å². The molecule has 0 spiro atoms. The summed E-state index contributed by atoms with van der Waals surface area (Å²) in [5.41, 5.74) is 6.07. The summed E-state index contributed by atoms with van der Waals surface area (Å²) in [5, 5.41) is 20.6. The Kier molecular flexibility index (Phi) is 5.38. The first kappa shape index (κ1) is 14.2. The summed E-state index contributed by atoms with van der Waals surface area (Å²) in [6.45, 7) is 2.94. The number of hydrogen-bond donors (Lipinski definition) is 3. The molecule has 0 bridgehead atoms. The van der Waals surface area contributed by atoms with E-state index in [1.165, 1.54) is 6.07 Å². The van der Waals surface area contributed by atoms with Gasteiger partial charge in [-0.25, -0.2) is 4.39 Å². The fourth-order valence-corrected chi connectivity index (χ4v) is 1.82. The maximum Gasteiger partial charge on any atom is 0.175 e. The van der Waals surface area contributed by atoms with Gasteiger partial charge in [0.25, 0.3) is 0 Å². The van der Waals surface area contributed by atoms with Crippen molar-refractivity contribution in [1.29, 1.82) is 0 Å². The number of halogens is 1. The predicted octanol–water partition coefficient (Wildman–Crippen LogP) is 1.13. The third-order valence-corrected chi connectivity index (χ3v) is 2.56. The first-order chi connectivity index (χ1) is 8.65. The maximum absolute atomic E-state index is 13.8. The van der Waals surface area contributed by atoms with Crippen LogP contribution in [0.25, 0.3) is 0 Å². The van der Waals surface area contributed by atoms with Crippen molar-refractivity contribution >= 4 is 11.5 Å². The molecular formula is C12H18FN3O2. The lowest BCUT2D eigenvalue weighted by molar-refractivity contribution is 0.301. The molecule has 0 heterocycles. The zero-order valence-corrected chi connectivity index (χ0v) is 10.3. The Labute approximate surface area is 105 Å². The number of oxime groups is 1. The van der Waals surface area contributed by atoms with Crippen LogP contribution >= 0.6 is 0 Å². The molecule has 0 atom stereocenters. The second-order valence-electron chi connectivity index (χ2n) is 3.83. The molecule has 4 N–H and O–H groups in total. The van der Waals surface area contributed by atoms with Crippen molar-refractivity contribution in [1.82, 2.24) is 0 Å². The molecule has 0 saturated carbocycles. The number of nitrogens with two attached hydrogens (primary N) is 1.